The third-order valence-corrected chi connectivity index (χ3v) is 2.48. The molecule has 0 aliphatic carbocycles. The number of Topliss-reactive ketones (excluding diaryl/α,β-unsaturated/α-hetero) is 1. The van der Waals surface area contributed by atoms with E-state index in [0.29, 0.717) is 12.8 Å². The zero-order valence-electron chi connectivity index (χ0n) is 9.13. The number of hydrogen-bond donors (Lipinski definition) is 0. The number of rotatable bonds is 4. The largest absolute Gasteiger partial charge is 0.294 e. The molecule has 4 heteroatoms. The lowest BCUT2D eigenvalue weighted by Gasteiger charge is -2.00. The minimum Gasteiger partial charge on any atom is -0.294 e. The van der Waals surface area contributed by atoms with Crippen molar-refractivity contribution in [3.63, 3.8) is 0 Å². The molecule has 2 aromatic rings. The third kappa shape index (κ3) is 2.34. The molecule has 0 amide bonds. The first-order valence-electron chi connectivity index (χ1n) is 5.18. The van der Waals surface area contributed by atoms with Crippen molar-refractivity contribution in [1.82, 2.24) is 14.8 Å². The van der Waals surface area contributed by atoms with E-state index in [1.165, 1.54) is 6.33 Å². The molecule has 1 heterocycles. The summed E-state index contributed by atoms with van der Waals surface area (Å²) in [6, 6.07) is 9.31. The van der Waals surface area contributed by atoms with E-state index >= 15 is 0 Å². The van der Waals surface area contributed by atoms with E-state index in [4.69, 9.17) is 0 Å². The lowest BCUT2D eigenvalue weighted by molar-refractivity contribution is 0.0982. The van der Waals surface area contributed by atoms with Gasteiger partial charge in [-0.05, 0) is 0 Å². The molecule has 1 aromatic carbocycles. The normalized spacial score (nSPS) is 10.3. The molecule has 0 saturated carbocycles. The summed E-state index contributed by atoms with van der Waals surface area (Å²) in [4.78, 5) is 15.9. The van der Waals surface area contributed by atoms with Crippen molar-refractivity contribution in [2.45, 2.75) is 12.8 Å². The Morgan fingerprint density at radius 1 is 1.31 bits per heavy atom. The molecule has 16 heavy (non-hydrogen) atoms. The van der Waals surface area contributed by atoms with Crippen LogP contribution in [0.2, 0.25) is 0 Å². The van der Waals surface area contributed by atoms with Gasteiger partial charge in [-0.2, -0.15) is 5.10 Å². The molecule has 0 aliphatic heterocycles. The van der Waals surface area contributed by atoms with Crippen molar-refractivity contribution in [3.05, 3.63) is 48.0 Å². The number of aryl methyl sites for hydroxylation is 2. The number of aromatic nitrogens is 3. The first kappa shape index (κ1) is 10.5. The molecule has 82 valence electrons. The van der Waals surface area contributed by atoms with Gasteiger partial charge in [0, 0.05) is 25.5 Å². The topological polar surface area (TPSA) is 47.8 Å². The monoisotopic (exact) mass is 215 g/mol. The van der Waals surface area contributed by atoms with E-state index in [2.05, 4.69) is 10.1 Å². The van der Waals surface area contributed by atoms with Crippen LogP contribution in [0.15, 0.2) is 36.7 Å². The van der Waals surface area contributed by atoms with Gasteiger partial charge in [0.1, 0.15) is 12.2 Å². The molecule has 0 unspecified atom stereocenters. The molecule has 2 rings (SSSR count). The Kier molecular flexibility index (Phi) is 3.10. The van der Waals surface area contributed by atoms with E-state index in [9.17, 15) is 4.79 Å². The van der Waals surface area contributed by atoms with Gasteiger partial charge in [-0.3, -0.25) is 9.48 Å². The molecule has 0 saturated heterocycles. The molecule has 0 radical (unpaired) electrons. The molecule has 0 spiro atoms. The van der Waals surface area contributed by atoms with Crippen LogP contribution >= 0.6 is 0 Å². The summed E-state index contributed by atoms with van der Waals surface area (Å²) < 4.78 is 1.69. The van der Waals surface area contributed by atoms with Crippen LogP contribution in [0.3, 0.4) is 0 Å². The van der Waals surface area contributed by atoms with Gasteiger partial charge in [0.2, 0.25) is 0 Å². The highest BCUT2D eigenvalue weighted by molar-refractivity contribution is 5.96. The fourth-order valence-corrected chi connectivity index (χ4v) is 1.54. The number of ketones is 1. The van der Waals surface area contributed by atoms with Crippen molar-refractivity contribution >= 4 is 5.78 Å². The zero-order valence-corrected chi connectivity index (χ0v) is 9.13. The van der Waals surface area contributed by atoms with Crippen LogP contribution < -0.4 is 0 Å². The maximum atomic E-state index is 11.8. The number of benzene rings is 1. The Morgan fingerprint density at radius 3 is 2.69 bits per heavy atom. The highest BCUT2D eigenvalue weighted by Crippen LogP contribution is 2.06. The van der Waals surface area contributed by atoms with Crippen LogP contribution in [0, 0.1) is 0 Å². The SMILES string of the molecule is Cn1ncnc1CCC(=O)c1ccccc1. The van der Waals surface area contributed by atoms with Crippen LogP contribution in [0.25, 0.3) is 0 Å². The van der Waals surface area contributed by atoms with Gasteiger partial charge in [0.05, 0.1) is 0 Å². The molecule has 4 nitrogen and oxygen atoms in total. The molecular formula is C12H13N3O. The molecule has 0 atom stereocenters. The smallest absolute Gasteiger partial charge is 0.163 e. The lowest BCUT2D eigenvalue weighted by Crippen LogP contribution is -2.05. The Hall–Kier alpha value is -1.97. The Balaban J connectivity index is 1.97. The molecule has 0 fully saturated rings. The van der Waals surface area contributed by atoms with E-state index in [1.54, 1.807) is 4.68 Å². The first-order valence-corrected chi connectivity index (χ1v) is 5.18. The minimum absolute atomic E-state index is 0.142. The van der Waals surface area contributed by atoms with Crippen molar-refractivity contribution in [1.29, 1.82) is 0 Å². The van der Waals surface area contributed by atoms with Gasteiger partial charge in [-0.25, -0.2) is 4.98 Å². The van der Waals surface area contributed by atoms with E-state index in [0.717, 1.165) is 11.4 Å². The number of carbonyl (C=O) groups excluding carboxylic acids is 1. The predicted molar refractivity (Wildman–Crippen MR) is 60.1 cm³/mol. The van der Waals surface area contributed by atoms with Crippen LogP contribution in [0.4, 0.5) is 0 Å². The second kappa shape index (κ2) is 4.70. The lowest BCUT2D eigenvalue weighted by atomic mass is 10.1. The maximum absolute atomic E-state index is 11.8. The van der Waals surface area contributed by atoms with E-state index < -0.39 is 0 Å². The first-order chi connectivity index (χ1) is 7.77. The maximum Gasteiger partial charge on any atom is 0.163 e. The van der Waals surface area contributed by atoms with Gasteiger partial charge in [-0.15, -0.1) is 0 Å². The number of hydrogen-bond acceptors (Lipinski definition) is 3. The van der Waals surface area contributed by atoms with E-state index in [-0.39, 0.29) is 5.78 Å². The van der Waals surface area contributed by atoms with Crippen LogP contribution in [-0.4, -0.2) is 20.5 Å². The average molecular weight is 215 g/mol. The summed E-state index contributed by atoms with van der Waals surface area (Å²) >= 11 is 0. The van der Waals surface area contributed by atoms with Crippen LogP contribution in [0.1, 0.15) is 22.6 Å². The fourth-order valence-electron chi connectivity index (χ4n) is 1.54. The highest BCUT2D eigenvalue weighted by Gasteiger charge is 2.07. The van der Waals surface area contributed by atoms with Gasteiger partial charge in [-0.1, -0.05) is 30.3 Å². The molecular weight excluding hydrogens is 202 g/mol. The van der Waals surface area contributed by atoms with Gasteiger partial charge in [0.25, 0.3) is 0 Å². The zero-order chi connectivity index (χ0) is 11.4. The highest BCUT2D eigenvalue weighted by atomic mass is 16.1. The second-order valence-electron chi connectivity index (χ2n) is 3.59. The second-order valence-corrected chi connectivity index (χ2v) is 3.59. The van der Waals surface area contributed by atoms with Gasteiger partial charge < -0.3 is 0 Å². The summed E-state index contributed by atoms with van der Waals surface area (Å²) in [6.07, 6.45) is 2.60. The third-order valence-electron chi connectivity index (χ3n) is 2.48. The summed E-state index contributed by atoms with van der Waals surface area (Å²) in [5, 5.41) is 3.96. The van der Waals surface area contributed by atoms with Crippen LogP contribution in [-0.2, 0) is 13.5 Å². The molecule has 0 bridgehead atoms. The summed E-state index contributed by atoms with van der Waals surface area (Å²) in [5.74, 6) is 0.980. The summed E-state index contributed by atoms with van der Waals surface area (Å²) in [6.45, 7) is 0. The minimum atomic E-state index is 0.142. The van der Waals surface area contributed by atoms with E-state index in [1.807, 2.05) is 37.4 Å². The quantitative estimate of drug-likeness (QED) is 0.728. The molecule has 0 N–H and O–H groups in total. The van der Waals surface area contributed by atoms with Crippen molar-refractivity contribution in [3.8, 4) is 0 Å². The molecule has 1 aromatic heterocycles. The van der Waals surface area contributed by atoms with Crippen LogP contribution in [0.5, 0.6) is 0 Å². The van der Waals surface area contributed by atoms with Crippen molar-refractivity contribution in [2.24, 2.45) is 7.05 Å². The van der Waals surface area contributed by atoms with Crippen molar-refractivity contribution in [2.75, 3.05) is 0 Å². The summed E-state index contributed by atoms with van der Waals surface area (Å²) in [5.41, 5.74) is 0.754. The van der Waals surface area contributed by atoms with Gasteiger partial charge in [0.15, 0.2) is 5.78 Å². The Morgan fingerprint density at radius 2 is 2.06 bits per heavy atom. The average Bonchev–Trinajstić information content (AvgIpc) is 2.73. The fraction of sp³-hybridized carbons (Fsp3) is 0.250. The standard InChI is InChI=1S/C12H13N3O/c1-15-12(13-9-14-15)8-7-11(16)10-5-3-2-4-6-10/h2-6,9H,7-8H2,1H3. The Bertz CT molecular complexity index is 476. The van der Waals surface area contributed by atoms with Crippen molar-refractivity contribution < 1.29 is 4.79 Å². The summed E-state index contributed by atoms with van der Waals surface area (Å²) in [7, 11) is 1.83. The van der Waals surface area contributed by atoms with Gasteiger partial charge >= 0.3 is 0 Å². The predicted octanol–water partition coefficient (Wildman–Crippen LogP) is 1.63. The molecule has 0 aliphatic rings. The number of nitrogens with zero attached hydrogens (tertiary/aromatic N) is 3. The number of carbonyl (C=O) groups is 1. The Labute approximate surface area is 93.9 Å².